The van der Waals surface area contributed by atoms with Crippen molar-refractivity contribution in [3.63, 3.8) is 0 Å². The SMILES string of the molecule is CN1CCC(Oc2nc(NN)c(F)cc2F)CC1. The highest BCUT2D eigenvalue weighted by Gasteiger charge is 2.21. The highest BCUT2D eigenvalue weighted by Crippen LogP contribution is 2.23. The topological polar surface area (TPSA) is 63.4 Å². The van der Waals surface area contributed by atoms with E-state index in [-0.39, 0.29) is 17.8 Å². The van der Waals surface area contributed by atoms with Gasteiger partial charge in [-0.2, -0.15) is 4.98 Å². The van der Waals surface area contributed by atoms with Gasteiger partial charge in [-0.15, -0.1) is 0 Å². The zero-order chi connectivity index (χ0) is 13.1. The van der Waals surface area contributed by atoms with Crippen molar-refractivity contribution < 1.29 is 13.5 Å². The van der Waals surface area contributed by atoms with Gasteiger partial charge >= 0.3 is 0 Å². The maximum Gasteiger partial charge on any atom is 0.252 e. The quantitative estimate of drug-likeness (QED) is 0.628. The van der Waals surface area contributed by atoms with Crippen molar-refractivity contribution in [3.05, 3.63) is 17.7 Å². The highest BCUT2D eigenvalue weighted by molar-refractivity contribution is 5.38. The van der Waals surface area contributed by atoms with Crippen LogP contribution in [0.15, 0.2) is 6.07 Å². The van der Waals surface area contributed by atoms with Crippen molar-refractivity contribution in [2.45, 2.75) is 18.9 Å². The largest absolute Gasteiger partial charge is 0.472 e. The number of nitrogen functional groups attached to an aromatic ring is 1. The van der Waals surface area contributed by atoms with Crippen molar-refractivity contribution in [1.82, 2.24) is 9.88 Å². The number of nitrogens with zero attached hydrogens (tertiary/aromatic N) is 2. The molecule has 18 heavy (non-hydrogen) atoms. The zero-order valence-electron chi connectivity index (χ0n) is 10.1. The molecule has 3 N–H and O–H groups in total. The first-order valence-corrected chi connectivity index (χ1v) is 5.78. The second-order valence-electron chi connectivity index (χ2n) is 4.37. The van der Waals surface area contributed by atoms with Crippen LogP contribution in [0.3, 0.4) is 0 Å². The first kappa shape index (κ1) is 13.0. The molecule has 0 aliphatic carbocycles. The molecule has 0 atom stereocenters. The minimum Gasteiger partial charge on any atom is -0.472 e. The minimum absolute atomic E-state index is 0.0979. The fraction of sp³-hybridized carbons (Fsp3) is 0.545. The molecule has 1 aromatic heterocycles. The highest BCUT2D eigenvalue weighted by atomic mass is 19.1. The maximum absolute atomic E-state index is 13.5. The molecule has 1 aliphatic rings. The van der Waals surface area contributed by atoms with Crippen LogP contribution in [-0.4, -0.2) is 36.1 Å². The molecule has 1 saturated heterocycles. The van der Waals surface area contributed by atoms with Crippen LogP contribution in [0.25, 0.3) is 0 Å². The van der Waals surface area contributed by atoms with Gasteiger partial charge in [0.05, 0.1) is 0 Å². The summed E-state index contributed by atoms with van der Waals surface area (Å²) in [5.41, 5.74) is 2.07. The Morgan fingerprint density at radius 2 is 2.06 bits per heavy atom. The Morgan fingerprint density at radius 3 is 2.67 bits per heavy atom. The summed E-state index contributed by atoms with van der Waals surface area (Å²) in [6.45, 7) is 1.77. The average Bonchev–Trinajstić information content (AvgIpc) is 2.35. The third kappa shape index (κ3) is 2.85. The van der Waals surface area contributed by atoms with E-state index in [9.17, 15) is 8.78 Å². The summed E-state index contributed by atoms with van der Waals surface area (Å²) >= 11 is 0. The van der Waals surface area contributed by atoms with E-state index in [1.807, 2.05) is 7.05 Å². The Kier molecular flexibility index (Phi) is 3.93. The molecule has 1 aliphatic heterocycles. The first-order valence-electron chi connectivity index (χ1n) is 5.78. The number of anilines is 1. The number of nitrogens with one attached hydrogen (secondary N) is 1. The minimum atomic E-state index is -0.842. The van der Waals surface area contributed by atoms with Crippen LogP contribution < -0.4 is 16.0 Å². The third-order valence-corrected chi connectivity index (χ3v) is 2.98. The summed E-state index contributed by atoms with van der Waals surface area (Å²) in [7, 11) is 2.02. The zero-order valence-corrected chi connectivity index (χ0v) is 10.1. The Bertz CT molecular complexity index is 422. The monoisotopic (exact) mass is 258 g/mol. The number of halogens is 2. The number of likely N-dealkylation sites (tertiary alicyclic amines) is 1. The fourth-order valence-electron chi connectivity index (χ4n) is 1.89. The number of piperidine rings is 1. The van der Waals surface area contributed by atoms with E-state index < -0.39 is 11.6 Å². The van der Waals surface area contributed by atoms with E-state index in [0.717, 1.165) is 25.9 Å². The van der Waals surface area contributed by atoms with Crippen LogP contribution in [-0.2, 0) is 0 Å². The summed E-state index contributed by atoms with van der Waals surface area (Å²) < 4.78 is 32.1. The van der Waals surface area contributed by atoms with Gasteiger partial charge in [0, 0.05) is 19.2 Å². The molecule has 0 spiro atoms. The van der Waals surface area contributed by atoms with E-state index in [4.69, 9.17) is 10.6 Å². The van der Waals surface area contributed by atoms with Crippen LogP contribution in [0.5, 0.6) is 5.88 Å². The summed E-state index contributed by atoms with van der Waals surface area (Å²) in [6.07, 6.45) is 1.49. The maximum atomic E-state index is 13.5. The van der Waals surface area contributed by atoms with Gasteiger partial charge in [-0.05, 0) is 19.9 Å². The van der Waals surface area contributed by atoms with E-state index in [1.54, 1.807) is 0 Å². The number of hydrogen-bond acceptors (Lipinski definition) is 5. The van der Waals surface area contributed by atoms with E-state index in [1.165, 1.54) is 0 Å². The van der Waals surface area contributed by atoms with Crippen molar-refractivity contribution in [2.75, 3.05) is 25.6 Å². The predicted octanol–water partition coefficient (Wildman–Crippen LogP) is 1.12. The lowest BCUT2D eigenvalue weighted by Crippen LogP contribution is -2.36. The summed E-state index contributed by atoms with van der Waals surface area (Å²) in [4.78, 5) is 5.85. The van der Waals surface area contributed by atoms with E-state index >= 15 is 0 Å². The molecule has 2 rings (SSSR count). The Morgan fingerprint density at radius 1 is 1.39 bits per heavy atom. The normalized spacial score (nSPS) is 17.8. The Balaban J connectivity index is 2.09. The lowest BCUT2D eigenvalue weighted by molar-refractivity contribution is 0.105. The second-order valence-corrected chi connectivity index (χ2v) is 4.37. The van der Waals surface area contributed by atoms with E-state index in [0.29, 0.717) is 6.07 Å². The number of ether oxygens (including phenoxy) is 1. The molecular weight excluding hydrogens is 242 g/mol. The lowest BCUT2D eigenvalue weighted by atomic mass is 10.1. The number of rotatable bonds is 3. The number of nitrogens with two attached hydrogens (primary N) is 1. The standard InChI is InChI=1S/C11H16F2N4O/c1-17-4-2-7(3-5-17)18-11-9(13)6-8(12)10(15-11)16-14/h6-7H,2-5,14H2,1H3,(H,15,16). The Labute approximate surface area is 104 Å². The average molecular weight is 258 g/mol. The van der Waals surface area contributed by atoms with E-state index in [2.05, 4.69) is 15.3 Å². The van der Waals surface area contributed by atoms with Crippen LogP contribution in [0.1, 0.15) is 12.8 Å². The van der Waals surface area contributed by atoms with Gasteiger partial charge in [-0.25, -0.2) is 14.6 Å². The molecule has 0 aromatic carbocycles. The molecule has 7 heteroatoms. The molecule has 2 heterocycles. The first-order chi connectivity index (χ1) is 8.60. The van der Waals surface area contributed by atoms with Gasteiger partial charge in [0.1, 0.15) is 6.10 Å². The van der Waals surface area contributed by atoms with Gasteiger partial charge in [0.15, 0.2) is 17.5 Å². The number of pyridine rings is 1. The summed E-state index contributed by atoms with van der Waals surface area (Å²) in [6, 6.07) is 0.715. The van der Waals surface area contributed by atoms with Crippen molar-refractivity contribution in [1.29, 1.82) is 0 Å². The summed E-state index contributed by atoms with van der Waals surface area (Å²) in [5.74, 6) is 3.00. The van der Waals surface area contributed by atoms with Crippen LogP contribution in [0, 0.1) is 11.6 Å². The van der Waals surface area contributed by atoms with Crippen molar-refractivity contribution >= 4 is 5.82 Å². The number of aromatic nitrogens is 1. The van der Waals surface area contributed by atoms with Crippen LogP contribution >= 0.6 is 0 Å². The van der Waals surface area contributed by atoms with Crippen LogP contribution in [0.4, 0.5) is 14.6 Å². The predicted molar refractivity (Wildman–Crippen MR) is 63.1 cm³/mol. The molecular formula is C11H16F2N4O. The van der Waals surface area contributed by atoms with Gasteiger partial charge in [0.25, 0.3) is 5.88 Å². The third-order valence-electron chi connectivity index (χ3n) is 2.98. The molecule has 0 amide bonds. The molecule has 1 fully saturated rings. The van der Waals surface area contributed by atoms with Crippen molar-refractivity contribution in [3.8, 4) is 5.88 Å². The second kappa shape index (κ2) is 5.45. The molecule has 1 aromatic rings. The molecule has 0 radical (unpaired) electrons. The lowest BCUT2D eigenvalue weighted by Gasteiger charge is -2.29. The number of hydrogen-bond donors (Lipinski definition) is 2. The van der Waals surface area contributed by atoms with Gasteiger partial charge in [-0.1, -0.05) is 0 Å². The molecule has 0 unspecified atom stereocenters. The fourth-order valence-corrected chi connectivity index (χ4v) is 1.89. The molecule has 0 bridgehead atoms. The van der Waals surface area contributed by atoms with Crippen molar-refractivity contribution in [2.24, 2.45) is 5.84 Å². The molecule has 100 valence electrons. The van der Waals surface area contributed by atoms with Gasteiger partial charge < -0.3 is 15.1 Å². The number of hydrazine groups is 1. The molecule has 0 saturated carbocycles. The Hall–Kier alpha value is -1.47. The van der Waals surface area contributed by atoms with Gasteiger partial charge in [0.2, 0.25) is 0 Å². The molecule has 5 nitrogen and oxygen atoms in total. The smallest absolute Gasteiger partial charge is 0.252 e. The van der Waals surface area contributed by atoms with Crippen LogP contribution in [0.2, 0.25) is 0 Å². The van der Waals surface area contributed by atoms with Gasteiger partial charge in [-0.3, -0.25) is 0 Å². The summed E-state index contributed by atoms with van der Waals surface area (Å²) in [5, 5.41) is 0.